The van der Waals surface area contributed by atoms with Crippen LogP contribution in [-0.4, -0.2) is 29.5 Å². The molecule has 1 aromatic heterocycles. The molecule has 0 saturated heterocycles. The molecule has 106 valence electrons. The maximum absolute atomic E-state index is 13.8. The van der Waals surface area contributed by atoms with E-state index < -0.39 is 5.97 Å². The zero-order chi connectivity index (χ0) is 14.5. The Balaban J connectivity index is 2.12. The fourth-order valence-corrected chi connectivity index (χ4v) is 1.73. The molecule has 0 aliphatic carbocycles. The number of hydrogen-bond acceptors (Lipinski definition) is 4. The van der Waals surface area contributed by atoms with E-state index in [9.17, 15) is 9.18 Å². The lowest BCUT2D eigenvalue weighted by Crippen LogP contribution is -2.04. The van der Waals surface area contributed by atoms with Crippen LogP contribution in [0.3, 0.4) is 0 Å². The molecule has 0 bridgehead atoms. The van der Waals surface area contributed by atoms with Crippen molar-refractivity contribution in [2.24, 2.45) is 0 Å². The minimum absolute atomic E-state index is 0.231. The molecule has 0 unspecified atom stereocenters. The summed E-state index contributed by atoms with van der Waals surface area (Å²) in [5, 5.41) is 4.02. The first-order valence-electron chi connectivity index (χ1n) is 6.16. The molecule has 0 spiro atoms. The van der Waals surface area contributed by atoms with Crippen molar-refractivity contribution in [2.45, 2.75) is 13.5 Å². The van der Waals surface area contributed by atoms with Crippen LogP contribution >= 0.6 is 0 Å². The van der Waals surface area contributed by atoms with Gasteiger partial charge in [0.2, 0.25) is 0 Å². The topological polar surface area (TPSA) is 53.3 Å². The van der Waals surface area contributed by atoms with Gasteiger partial charge in [-0.3, -0.25) is 4.68 Å². The zero-order valence-electron chi connectivity index (χ0n) is 11.3. The minimum atomic E-state index is -0.436. The van der Waals surface area contributed by atoms with Crippen LogP contribution in [0.5, 0.6) is 5.75 Å². The van der Waals surface area contributed by atoms with E-state index in [1.54, 1.807) is 19.1 Å². The Bertz CT molecular complexity index is 610. The second kappa shape index (κ2) is 6.18. The van der Waals surface area contributed by atoms with Gasteiger partial charge in [-0.2, -0.15) is 5.10 Å². The van der Waals surface area contributed by atoms with Crippen molar-refractivity contribution in [3.63, 3.8) is 0 Å². The van der Waals surface area contributed by atoms with Crippen LogP contribution in [0.1, 0.15) is 22.8 Å². The first-order valence-corrected chi connectivity index (χ1v) is 6.16. The van der Waals surface area contributed by atoms with Gasteiger partial charge in [-0.1, -0.05) is 6.07 Å². The van der Waals surface area contributed by atoms with Gasteiger partial charge in [0.25, 0.3) is 0 Å². The number of nitrogens with zero attached hydrogens (tertiary/aromatic N) is 2. The number of ether oxygens (including phenoxy) is 2. The summed E-state index contributed by atoms with van der Waals surface area (Å²) in [6.45, 7) is 2.27. The molecular formula is C14H15FN2O3. The summed E-state index contributed by atoms with van der Waals surface area (Å²) >= 11 is 0. The largest absolute Gasteiger partial charge is 0.497 e. The maximum Gasteiger partial charge on any atom is 0.341 e. The van der Waals surface area contributed by atoms with Gasteiger partial charge in [0.05, 0.1) is 32.0 Å². The molecule has 0 radical (unpaired) electrons. The first-order chi connectivity index (χ1) is 9.63. The quantitative estimate of drug-likeness (QED) is 0.787. The molecule has 0 amide bonds. The van der Waals surface area contributed by atoms with E-state index in [0.29, 0.717) is 23.5 Å². The number of hydrogen-bond donors (Lipinski definition) is 0. The van der Waals surface area contributed by atoms with Gasteiger partial charge in [-0.05, 0) is 13.0 Å². The Labute approximate surface area is 115 Å². The van der Waals surface area contributed by atoms with Gasteiger partial charge in [0.1, 0.15) is 11.6 Å². The normalized spacial score (nSPS) is 10.3. The fourth-order valence-electron chi connectivity index (χ4n) is 1.73. The van der Waals surface area contributed by atoms with Crippen molar-refractivity contribution in [1.29, 1.82) is 0 Å². The van der Waals surface area contributed by atoms with Gasteiger partial charge in [-0.25, -0.2) is 9.18 Å². The molecule has 0 fully saturated rings. The highest BCUT2D eigenvalue weighted by Crippen LogP contribution is 2.17. The zero-order valence-corrected chi connectivity index (χ0v) is 11.3. The Morgan fingerprint density at radius 2 is 2.25 bits per heavy atom. The average molecular weight is 278 g/mol. The van der Waals surface area contributed by atoms with Gasteiger partial charge < -0.3 is 9.47 Å². The summed E-state index contributed by atoms with van der Waals surface area (Å²) in [5.74, 6) is -0.356. The second-order valence-electron chi connectivity index (χ2n) is 4.10. The molecule has 2 rings (SSSR count). The molecular weight excluding hydrogens is 263 g/mol. The lowest BCUT2D eigenvalue weighted by molar-refractivity contribution is 0.0526. The molecule has 20 heavy (non-hydrogen) atoms. The Morgan fingerprint density at radius 1 is 1.45 bits per heavy atom. The van der Waals surface area contributed by atoms with E-state index in [4.69, 9.17) is 9.47 Å². The number of methoxy groups -OCH3 is 1. The van der Waals surface area contributed by atoms with Gasteiger partial charge in [0.15, 0.2) is 0 Å². The maximum atomic E-state index is 13.8. The molecule has 0 saturated carbocycles. The number of aromatic nitrogens is 2. The minimum Gasteiger partial charge on any atom is -0.497 e. The molecule has 0 aliphatic rings. The average Bonchev–Trinajstić information content (AvgIpc) is 2.90. The molecule has 5 nitrogen and oxygen atoms in total. The second-order valence-corrected chi connectivity index (χ2v) is 4.10. The summed E-state index contributed by atoms with van der Waals surface area (Å²) in [6.07, 6.45) is 2.93. The van der Waals surface area contributed by atoms with Crippen LogP contribution in [0.15, 0.2) is 30.6 Å². The summed E-state index contributed by atoms with van der Waals surface area (Å²) in [6, 6.07) is 4.61. The molecule has 1 aromatic carbocycles. The van der Waals surface area contributed by atoms with Crippen LogP contribution in [-0.2, 0) is 11.3 Å². The molecule has 0 atom stereocenters. The van der Waals surface area contributed by atoms with Crippen molar-refractivity contribution in [2.75, 3.05) is 13.7 Å². The number of rotatable bonds is 5. The van der Waals surface area contributed by atoms with E-state index >= 15 is 0 Å². The van der Waals surface area contributed by atoms with Crippen molar-refractivity contribution < 1.29 is 18.7 Å². The standard InChI is InChI=1S/C14H15FN2O3/c1-3-20-14(18)11-7-16-17(9-11)8-10-4-5-12(19-2)6-13(10)15/h4-7,9H,3,8H2,1-2H3. The van der Waals surface area contributed by atoms with Crippen LogP contribution < -0.4 is 4.74 Å². The fraction of sp³-hybridized carbons (Fsp3) is 0.286. The van der Waals surface area contributed by atoms with Gasteiger partial charge >= 0.3 is 5.97 Å². The van der Waals surface area contributed by atoms with Crippen LogP contribution in [0, 0.1) is 5.82 Å². The highest BCUT2D eigenvalue weighted by atomic mass is 19.1. The summed E-state index contributed by atoms with van der Waals surface area (Å²) in [7, 11) is 1.48. The molecule has 0 aliphatic heterocycles. The third-order valence-corrected chi connectivity index (χ3v) is 2.74. The first kappa shape index (κ1) is 14.0. The van der Waals surface area contributed by atoms with Gasteiger partial charge in [-0.15, -0.1) is 0 Å². The van der Waals surface area contributed by atoms with Crippen LogP contribution in [0.4, 0.5) is 4.39 Å². The van der Waals surface area contributed by atoms with E-state index in [2.05, 4.69) is 5.10 Å². The number of esters is 1. The predicted molar refractivity (Wildman–Crippen MR) is 70.2 cm³/mol. The highest BCUT2D eigenvalue weighted by molar-refractivity contribution is 5.88. The number of benzene rings is 1. The summed E-state index contributed by atoms with van der Waals surface area (Å²) in [4.78, 5) is 11.5. The smallest absolute Gasteiger partial charge is 0.341 e. The molecule has 2 aromatic rings. The van der Waals surface area contributed by atoms with Crippen LogP contribution in [0.25, 0.3) is 0 Å². The summed E-state index contributed by atoms with van der Waals surface area (Å²) < 4.78 is 25.1. The van der Waals surface area contributed by atoms with Crippen LogP contribution in [0.2, 0.25) is 0 Å². The molecule has 6 heteroatoms. The SMILES string of the molecule is CCOC(=O)c1cnn(Cc2ccc(OC)cc2F)c1. The predicted octanol–water partition coefficient (Wildman–Crippen LogP) is 2.26. The lowest BCUT2D eigenvalue weighted by atomic mass is 10.2. The Morgan fingerprint density at radius 3 is 2.90 bits per heavy atom. The Hall–Kier alpha value is -2.37. The van der Waals surface area contributed by atoms with Crippen molar-refractivity contribution in [1.82, 2.24) is 9.78 Å². The number of carbonyl (C=O) groups excluding carboxylic acids is 1. The van der Waals surface area contributed by atoms with E-state index in [0.717, 1.165) is 0 Å². The van der Waals surface area contributed by atoms with E-state index in [1.165, 1.54) is 30.3 Å². The van der Waals surface area contributed by atoms with E-state index in [1.807, 2.05) is 0 Å². The Kier molecular flexibility index (Phi) is 4.34. The molecule has 0 N–H and O–H groups in total. The lowest BCUT2D eigenvalue weighted by Gasteiger charge is -2.05. The molecule has 1 heterocycles. The van der Waals surface area contributed by atoms with Crippen molar-refractivity contribution >= 4 is 5.97 Å². The third kappa shape index (κ3) is 3.14. The monoisotopic (exact) mass is 278 g/mol. The number of carbonyl (C=O) groups is 1. The summed E-state index contributed by atoms with van der Waals surface area (Å²) in [5.41, 5.74) is 0.810. The third-order valence-electron chi connectivity index (χ3n) is 2.74. The van der Waals surface area contributed by atoms with Crippen molar-refractivity contribution in [3.8, 4) is 5.75 Å². The number of halogens is 1. The van der Waals surface area contributed by atoms with Crippen molar-refractivity contribution in [3.05, 3.63) is 47.5 Å². The highest BCUT2D eigenvalue weighted by Gasteiger charge is 2.11. The van der Waals surface area contributed by atoms with E-state index in [-0.39, 0.29) is 12.4 Å². The van der Waals surface area contributed by atoms with Gasteiger partial charge in [0, 0.05) is 17.8 Å².